The zero-order valence-corrected chi connectivity index (χ0v) is 16.5. The van der Waals surface area contributed by atoms with E-state index in [0.717, 1.165) is 11.0 Å². The van der Waals surface area contributed by atoms with Gasteiger partial charge in [0.25, 0.3) is 11.8 Å². The van der Waals surface area contributed by atoms with Crippen LogP contribution in [0.3, 0.4) is 0 Å². The number of aryl methyl sites for hydroxylation is 1. The molecule has 1 aromatic carbocycles. The Bertz CT molecular complexity index is 1060. The number of ether oxygens (including phenoxy) is 1. The van der Waals surface area contributed by atoms with E-state index in [-0.39, 0.29) is 17.9 Å². The molecule has 0 saturated carbocycles. The Morgan fingerprint density at radius 1 is 1.18 bits per heavy atom. The van der Waals surface area contributed by atoms with E-state index in [9.17, 15) is 9.59 Å². The van der Waals surface area contributed by atoms with Gasteiger partial charge in [-0.3, -0.25) is 9.59 Å². The van der Waals surface area contributed by atoms with Crippen LogP contribution in [0.5, 0.6) is 5.75 Å². The van der Waals surface area contributed by atoms with Gasteiger partial charge in [-0.25, -0.2) is 9.67 Å². The number of nitrogens with zero attached hydrogens (tertiary/aromatic N) is 3. The van der Waals surface area contributed by atoms with Crippen molar-refractivity contribution in [1.82, 2.24) is 20.1 Å². The third kappa shape index (κ3) is 3.53. The van der Waals surface area contributed by atoms with E-state index in [0.29, 0.717) is 28.3 Å². The minimum absolute atomic E-state index is 0.167. The van der Waals surface area contributed by atoms with Crippen LogP contribution in [0.15, 0.2) is 30.5 Å². The number of aromatic nitrogens is 3. The quantitative estimate of drug-likeness (QED) is 0.708. The van der Waals surface area contributed by atoms with Gasteiger partial charge in [0.05, 0.1) is 30.3 Å². The lowest BCUT2D eigenvalue weighted by Gasteiger charge is -2.13. The van der Waals surface area contributed by atoms with Gasteiger partial charge < -0.3 is 15.4 Å². The summed E-state index contributed by atoms with van der Waals surface area (Å²) < 4.78 is 7.12. The molecule has 0 unspecified atom stereocenters. The second-order valence-corrected chi connectivity index (χ2v) is 6.67. The second-order valence-electron chi connectivity index (χ2n) is 6.67. The molecule has 8 nitrogen and oxygen atoms in total. The second kappa shape index (κ2) is 7.67. The number of pyridine rings is 1. The van der Waals surface area contributed by atoms with Crippen molar-refractivity contribution >= 4 is 28.5 Å². The molecule has 28 heavy (non-hydrogen) atoms. The topological polar surface area (TPSA) is 98.1 Å². The molecule has 3 aromatic rings. The highest BCUT2D eigenvalue weighted by atomic mass is 16.5. The van der Waals surface area contributed by atoms with Crippen molar-refractivity contribution in [1.29, 1.82) is 0 Å². The molecule has 3 rings (SSSR count). The normalized spacial score (nSPS) is 10.9. The molecule has 0 aliphatic rings. The Hall–Kier alpha value is -3.42. The van der Waals surface area contributed by atoms with Crippen LogP contribution in [-0.2, 0) is 0 Å². The van der Waals surface area contributed by atoms with Gasteiger partial charge in [0.1, 0.15) is 5.75 Å². The lowest BCUT2D eigenvalue weighted by atomic mass is 10.1. The van der Waals surface area contributed by atoms with Gasteiger partial charge in [0.15, 0.2) is 5.65 Å². The molecule has 2 aromatic heterocycles. The Kier molecular flexibility index (Phi) is 5.30. The first kappa shape index (κ1) is 19.3. The summed E-state index contributed by atoms with van der Waals surface area (Å²) in [7, 11) is 3.05. The van der Waals surface area contributed by atoms with Crippen molar-refractivity contribution in [2.24, 2.45) is 0 Å². The van der Waals surface area contributed by atoms with Crippen LogP contribution in [0.1, 0.15) is 46.3 Å². The number of carbonyl (C=O) groups is 2. The molecule has 0 aliphatic carbocycles. The minimum atomic E-state index is -0.337. The monoisotopic (exact) mass is 381 g/mol. The molecular formula is C20H23N5O3. The van der Waals surface area contributed by atoms with Crippen LogP contribution in [0.4, 0.5) is 5.69 Å². The van der Waals surface area contributed by atoms with Crippen LogP contribution < -0.4 is 15.4 Å². The largest absolute Gasteiger partial charge is 0.495 e. The number of fused-ring (bicyclic) bond motifs is 1. The van der Waals surface area contributed by atoms with Gasteiger partial charge in [-0.05, 0) is 45.0 Å². The maximum atomic E-state index is 12.9. The average Bonchev–Trinajstić information content (AvgIpc) is 3.09. The van der Waals surface area contributed by atoms with E-state index in [1.165, 1.54) is 7.11 Å². The third-order valence-electron chi connectivity index (χ3n) is 4.43. The first-order chi connectivity index (χ1) is 13.3. The van der Waals surface area contributed by atoms with Crippen molar-refractivity contribution in [2.45, 2.75) is 26.8 Å². The van der Waals surface area contributed by atoms with Crippen LogP contribution in [0.25, 0.3) is 11.0 Å². The number of anilines is 1. The predicted octanol–water partition coefficient (Wildman–Crippen LogP) is 2.94. The zero-order chi connectivity index (χ0) is 20.4. The van der Waals surface area contributed by atoms with Gasteiger partial charge in [-0.15, -0.1) is 0 Å². The van der Waals surface area contributed by atoms with Gasteiger partial charge in [0.2, 0.25) is 0 Å². The standard InChI is InChI=1S/C20H23N5O3/c1-11(2)25-18-14(10-22-25)8-15(12(3)23-18)20(27)24-16-9-13(19(26)21-4)6-7-17(16)28-5/h6-11H,1-5H3,(H,21,26)(H,24,27). The fourth-order valence-corrected chi connectivity index (χ4v) is 2.95. The van der Waals surface area contributed by atoms with Crippen LogP contribution in [0.2, 0.25) is 0 Å². The smallest absolute Gasteiger partial charge is 0.257 e. The molecule has 0 aliphatic heterocycles. The summed E-state index contributed by atoms with van der Waals surface area (Å²) in [5.74, 6) is -0.129. The number of benzene rings is 1. The highest BCUT2D eigenvalue weighted by Crippen LogP contribution is 2.27. The molecule has 0 radical (unpaired) electrons. The number of methoxy groups -OCH3 is 1. The summed E-state index contributed by atoms with van der Waals surface area (Å²) >= 11 is 0. The Morgan fingerprint density at radius 2 is 1.93 bits per heavy atom. The number of carbonyl (C=O) groups excluding carboxylic acids is 2. The molecule has 8 heteroatoms. The average molecular weight is 381 g/mol. The van der Waals surface area contributed by atoms with E-state index < -0.39 is 0 Å². The van der Waals surface area contributed by atoms with E-state index in [1.807, 2.05) is 18.5 Å². The van der Waals surface area contributed by atoms with Crippen LogP contribution in [0, 0.1) is 6.92 Å². The molecule has 146 valence electrons. The van der Waals surface area contributed by atoms with Crippen molar-refractivity contribution in [2.75, 3.05) is 19.5 Å². The maximum absolute atomic E-state index is 12.9. The summed E-state index contributed by atoms with van der Waals surface area (Å²) in [6.45, 7) is 5.83. The zero-order valence-electron chi connectivity index (χ0n) is 16.5. The maximum Gasteiger partial charge on any atom is 0.257 e. The highest BCUT2D eigenvalue weighted by Gasteiger charge is 2.17. The number of hydrogen-bond acceptors (Lipinski definition) is 5. The Morgan fingerprint density at radius 3 is 2.57 bits per heavy atom. The van der Waals surface area contributed by atoms with Crippen molar-refractivity contribution in [3.63, 3.8) is 0 Å². The van der Waals surface area contributed by atoms with E-state index >= 15 is 0 Å². The van der Waals surface area contributed by atoms with E-state index in [2.05, 4.69) is 20.7 Å². The van der Waals surface area contributed by atoms with Gasteiger partial charge in [-0.1, -0.05) is 0 Å². The first-order valence-electron chi connectivity index (χ1n) is 8.92. The molecule has 0 bridgehead atoms. The number of nitrogens with one attached hydrogen (secondary N) is 2. The number of amides is 2. The van der Waals surface area contributed by atoms with Crippen LogP contribution >= 0.6 is 0 Å². The lowest BCUT2D eigenvalue weighted by Crippen LogP contribution is -2.19. The predicted molar refractivity (Wildman–Crippen MR) is 107 cm³/mol. The molecule has 0 atom stereocenters. The Balaban J connectivity index is 1.97. The first-order valence-corrected chi connectivity index (χ1v) is 8.92. The fourth-order valence-electron chi connectivity index (χ4n) is 2.95. The summed E-state index contributed by atoms with van der Waals surface area (Å²) in [6.07, 6.45) is 1.70. The summed E-state index contributed by atoms with van der Waals surface area (Å²) in [6, 6.07) is 6.79. The van der Waals surface area contributed by atoms with Crippen molar-refractivity contribution in [3.05, 3.63) is 47.3 Å². The Labute approximate surface area is 162 Å². The fraction of sp³-hybridized carbons (Fsp3) is 0.300. The van der Waals surface area contributed by atoms with Gasteiger partial charge in [-0.2, -0.15) is 5.10 Å². The molecule has 2 heterocycles. The minimum Gasteiger partial charge on any atom is -0.495 e. The molecule has 0 spiro atoms. The van der Waals surface area contributed by atoms with Crippen molar-refractivity contribution in [3.8, 4) is 5.75 Å². The summed E-state index contributed by atoms with van der Waals surface area (Å²) in [5.41, 5.74) is 2.59. The molecule has 2 amide bonds. The van der Waals surface area contributed by atoms with E-state index in [4.69, 9.17) is 4.74 Å². The molecule has 2 N–H and O–H groups in total. The molecular weight excluding hydrogens is 358 g/mol. The number of hydrogen-bond donors (Lipinski definition) is 2. The summed E-state index contributed by atoms with van der Waals surface area (Å²) in [4.78, 5) is 29.4. The third-order valence-corrected chi connectivity index (χ3v) is 4.43. The lowest BCUT2D eigenvalue weighted by molar-refractivity contribution is 0.0961. The van der Waals surface area contributed by atoms with Gasteiger partial charge >= 0.3 is 0 Å². The molecule has 0 fully saturated rings. The highest BCUT2D eigenvalue weighted by molar-refractivity contribution is 6.08. The van der Waals surface area contributed by atoms with E-state index in [1.54, 1.807) is 44.4 Å². The number of rotatable bonds is 5. The van der Waals surface area contributed by atoms with Gasteiger partial charge in [0, 0.05) is 24.0 Å². The van der Waals surface area contributed by atoms with Crippen molar-refractivity contribution < 1.29 is 14.3 Å². The van der Waals surface area contributed by atoms with Crippen LogP contribution in [-0.4, -0.2) is 40.7 Å². The summed E-state index contributed by atoms with van der Waals surface area (Å²) in [5, 5.41) is 10.5. The molecule has 0 saturated heterocycles. The SMILES string of the molecule is CNC(=O)c1ccc(OC)c(NC(=O)c2cc3cnn(C(C)C)c3nc2C)c1.